The number of anilines is 3. The average Bonchev–Trinajstić information content (AvgIpc) is 3.55. The number of hydrogen-bond acceptors (Lipinski definition) is 8. The molecular formula is C27H23N7O4S. The van der Waals surface area contributed by atoms with Crippen molar-refractivity contribution in [3.8, 4) is 11.6 Å². The number of rotatable bonds is 6. The Hall–Kier alpha value is -4.84. The summed E-state index contributed by atoms with van der Waals surface area (Å²) in [5.74, 6) is 0.452. The Labute approximate surface area is 227 Å². The third kappa shape index (κ3) is 4.44. The minimum Gasteiger partial charge on any atom is -0.438 e. The van der Waals surface area contributed by atoms with Crippen LogP contribution in [0.2, 0.25) is 0 Å². The molecule has 0 saturated carbocycles. The highest BCUT2D eigenvalue weighted by Crippen LogP contribution is 2.46. The smallest absolute Gasteiger partial charge is 0.331 e. The van der Waals surface area contributed by atoms with Gasteiger partial charge in [-0.2, -0.15) is 5.10 Å². The lowest BCUT2D eigenvalue weighted by Gasteiger charge is -2.29. The molecule has 5 heterocycles. The summed E-state index contributed by atoms with van der Waals surface area (Å²) in [6.45, 7) is 6.37. The fraction of sp³-hybridized carbons (Fsp3) is 0.185. The molecule has 1 unspecified atom stereocenters. The van der Waals surface area contributed by atoms with Crippen molar-refractivity contribution < 1.29 is 19.1 Å². The molecule has 0 bridgehead atoms. The van der Waals surface area contributed by atoms with E-state index in [0.717, 1.165) is 5.56 Å². The molecular weight excluding hydrogens is 518 g/mol. The zero-order valence-electron chi connectivity index (χ0n) is 20.9. The van der Waals surface area contributed by atoms with E-state index in [9.17, 15) is 14.4 Å². The number of nitrogens with zero attached hydrogens (tertiary/aromatic N) is 5. The Balaban J connectivity index is 1.29. The number of carbonyl (C=O) groups excluding carboxylic acids is 3. The van der Waals surface area contributed by atoms with Gasteiger partial charge in [-0.25, -0.2) is 9.78 Å². The first kappa shape index (κ1) is 24.5. The number of likely N-dealkylation sites (tertiary alicyclic amines) is 1. The molecule has 11 nitrogen and oxygen atoms in total. The number of hydrogen-bond donors (Lipinski definition) is 2. The van der Waals surface area contributed by atoms with E-state index in [-0.39, 0.29) is 17.9 Å². The molecule has 0 aliphatic carbocycles. The molecule has 12 heteroatoms. The number of aryl methyl sites for hydroxylation is 1. The Kier molecular flexibility index (Phi) is 6.15. The Morgan fingerprint density at radius 1 is 1.23 bits per heavy atom. The van der Waals surface area contributed by atoms with Crippen LogP contribution in [0.15, 0.2) is 61.4 Å². The number of ether oxygens (including phenoxy) is 1. The maximum absolute atomic E-state index is 13.5. The van der Waals surface area contributed by atoms with Crippen molar-refractivity contribution in [2.24, 2.45) is 0 Å². The van der Waals surface area contributed by atoms with Gasteiger partial charge in [0.05, 0.1) is 22.4 Å². The monoisotopic (exact) mass is 541 g/mol. The zero-order chi connectivity index (χ0) is 27.1. The minimum atomic E-state index is -0.392. The summed E-state index contributed by atoms with van der Waals surface area (Å²) in [5, 5.41) is 14.4. The van der Waals surface area contributed by atoms with Gasteiger partial charge in [0, 0.05) is 37.6 Å². The van der Waals surface area contributed by atoms with Crippen molar-refractivity contribution in [1.82, 2.24) is 25.4 Å². The maximum Gasteiger partial charge on any atom is 0.331 e. The molecule has 0 spiro atoms. The fourth-order valence-electron chi connectivity index (χ4n) is 4.85. The summed E-state index contributed by atoms with van der Waals surface area (Å²) in [7, 11) is 0. The Morgan fingerprint density at radius 2 is 2.10 bits per heavy atom. The predicted octanol–water partition coefficient (Wildman–Crippen LogP) is 4.39. The van der Waals surface area contributed by atoms with Gasteiger partial charge in [0.2, 0.25) is 11.8 Å². The van der Waals surface area contributed by atoms with Gasteiger partial charge in [-0.05, 0) is 55.3 Å². The normalized spacial score (nSPS) is 16.2. The molecule has 196 valence electrons. The van der Waals surface area contributed by atoms with Gasteiger partial charge >= 0.3 is 6.03 Å². The van der Waals surface area contributed by atoms with Crippen LogP contribution in [-0.2, 0) is 4.79 Å². The molecule has 4 aromatic rings. The molecule has 39 heavy (non-hydrogen) atoms. The average molecular weight is 542 g/mol. The SMILES string of the molecule is C=CC(=O)N1CCC(NC(=O)c2sc3nccc4c3c2NC(=O)N4c2ccc(Oc3cccnn3)cc2C)C1. The van der Waals surface area contributed by atoms with Crippen molar-refractivity contribution in [1.29, 1.82) is 0 Å². The third-order valence-electron chi connectivity index (χ3n) is 6.64. The van der Waals surface area contributed by atoms with Crippen LogP contribution in [0, 0.1) is 6.92 Å². The van der Waals surface area contributed by atoms with Gasteiger partial charge in [-0.3, -0.25) is 14.5 Å². The van der Waals surface area contributed by atoms with E-state index in [2.05, 4.69) is 32.4 Å². The maximum atomic E-state index is 13.5. The standard InChI is InChI=1S/C27H23N7O4S/c1-3-21(35)33-12-9-16(14-33)30-25(36)24-23-22-19(8-11-28-26(22)39-24)34(27(37)31-23)18-7-6-17(13-15(18)2)38-20-5-4-10-29-32-20/h3-8,10-11,13,16H,1,9,12,14H2,2H3,(H,30,36)(H,31,37). The van der Waals surface area contributed by atoms with Crippen LogP contribution in [0.3, 0.4) is 0 Å². The van der Waals surface area contributed by atoms with Gasteiger partial charge in [0.25, 0.3) is 5.91 Å². The van der Waals surface area contributed by atoms with E-state index < -0.39 is 6.03 Å². The van der Waals surface area contributed by atoms with Crippen LogP contribution in [0.4, 0.5) is 21.9 Å². The lowest BCUT2D eigenvalue weighted by atomic mass is 10.1. The fourth-order valence-corrected chi connectivity index (χ4v) is 5.87. The number of benzene rings is 1. The molecule has 1 aromatic carbocycles. The van der Waals surface area contributed by atoms with Gasteiger partial charge < -0.3 is 20.3 Å². The summed E-state index contributed by atoms with van der Waals surface area (Å²) >= 11 is 1.22. The van der Waals surface area contributed by atoms with E-state index >= 15 is 0 Å². The lowest BCUT2D eigenvalue weighted by Crippen LogP contribution is -2.39. The minimum absolute atomic E-state index is 0.159. The summed E-state index contributed by atoms with van der Waals surface area (Å²) in [6, 6.07) is 10.00. The topological polar surface area (TPSA) is 130 Å². The largest absolute Gasteiger partial charge is 0.438 e. The lowest BCUT2D eigenvalue weighted by molar-refractivity contribution is -0.125. The predicted molar refractivity (Wildman–Crippen MR) is 147 cm³/mol. The van der Waals surface area contributed by atoms with E-state index in [4.69, 9.17) is 4.74 Å². The zero-order valence-corrected chi connectivity index (χ0v) is 21.7. The molecule has 2 aliphatic rings. The quantitative estimate of drug-likeness (QED) is 0.346. The van der Waals surface area contributed by atoms with E-state index in [1.165, 1.54) is 17.4 Å². The summed E-state index contributed by atoms with van der Waals surface area (Å²) < 4.78 is 5.78. The number of aromatic nitrogens is 3. The van der Waals surface area contributed by atoms with Crippen molar-refractivity contribution >= 4 is 56.5 Å². The van der Waals surface area contributed by atoms with Crippen LogP contribution in [0.5, 0.6) is 11.6 Å². The van der Waals surface area contributed by atoms with Crippen molar-refractivity contribution in [3.05, 3.63) is 71.9 Å². The highest BCUT2D eigenvalue weighted by Gasteiger charge is 2.34. The summed E-state index contributed by atoms with van der Waals surface area (Å²) in [5.41, 5.74) is 2.53. The van der Waals surface area contributed by atoms with Gasteiger partial charge in [0.15, 0.2) is 0 Å². The number of nitrogens with one attached hydrogen (secondary N) is 2. The molecule has 0 radical (unpaired) electrons. The molecule has 1 fully saturated rings. The number of urea groups is 1. The van der Waals surface area contributed by atoms with E-state index in [1.54, 1.807) is 52.5 Å². The molecule has 3 aromatic heterocycles. The molecule has 2 aliphatic heterocycles. The van der Waals surface area contributed by atoms with E-state index in [0.29, 0.717) is 63.3 Å². The first-order chi connectivity index (χ1) is 18.9. The van der Waals surface area contributed by atoms with Crippen molar-refractivity contribution in [2.45, 2.75) is 19.4 Å². The number of thiophene rings is 1. The van der Waals surface area contributed by atoms with Gasteiger partial charge in [-0.1, -0.05) is 6.58 Å². The summed E-state index contributed by atoms with van der Waals surface area (Å²) in [6.07, 6.45) is 5.11. The molecule has 2 N–H and O–H groups in total. The van der Waals surface area contributed by atoms with Crippen LogP contribution in [0.1, 0.15) is 21.7 Å². The van der Waals surface area contributed by atoms with Crippen LogP contribution in [-0.4, -0.2) is 57.1 Å². The number of pyridine rings is 1. The highest BCUT2D eigenvalue weighted by atomic mass is 32.1. The Morgan fingerprint density at radius 3 is 2.87 bits per heavy atom. The van der Waals surface area contributed by atoms with Crippen LogP contribution < -0.4 is 20.3 Å². The molecule has 1 atom stereocenters. The Bertz CT molecular complexity index is 1640. The van der Waals surface area contributed by atoms with Gasteiger partial charge in [0.1, 0.15) is 15.5 Å². The highest BCUT2D eigenvalue weighted by molar-refractivity contribution is 7.21. The number of carbonyl (C=O) groups is 3. The van der Waals surface area contributed by atoms with Gasteiger partial charge in [-0.15, -0.1) is 16.4 Å². The second-order valence-electron chi connectivity index (χ2n) is 9.14. The third-order valence-corrected chi connectivity index (χ3v) is 7.74. The molecule has 4 amide bonds. The summed E-state index contributed by atoms with van der Waals surface area (Å²) in [4.78, 5) is 47.4. The molecule has 1 saturated heterocycles. The first-order valence-corrected chi connectivity index (χ1v) is 13.1. The second-order valence-corrected chi connectivity index (χ2v) is 10.1. The first-order valence-electron chi connectivity index (χ1n) is 12.2. The van der Waals surface area contributed by atoms with Crippen molar-refractivity contribution in [2.75, 3.05) is 23.3 Å². The van der Waals surface area contributed by atoms with E-state index in [1.807, 2.05) is 13.0 Å². The molecule has 6 rings (SSSR count). The number of amides is 4. The van der Waals surface area contributed by atoms with Crippen LogP contribution >= 0.6 is 11.3 Å². The van der Waals surface area contributed by atoms with Crippen molar-refractivity contribution in [3.63, 3.8) is 0 Å². The second kappa shape index (κ2) is 9.80. The van der Waals surface area contributed by atoms with Crippen LogP contribution in [0.25, 0.3) is 10.2 Å².